The van der Waals surface area contributed by atoms with Gasteiger partial charge in [-0.05, 0) is 0 Å². The van der Waals surface area contributed by atoms with Crippen molar-refractivity contribution in [2.24, 2.45) is 0 Å². The van der Waals surface area contributed by atoms with Gasteiger partial charge in [-0.2, -0.15) is 0 Å². The normalized spacial score (nSPS) is 15.0. The second-order valence-corrected chi connectivity index (χ2v) is 3.41. The van der Waals surface area contributed by atoms with Gasteiger partial charge in [-0.1, -0.05) is 0 Å². The minimum absolute atomic E-state index is 0.503. The van der Waals surface area contributed by atoms with Gasteiger partial charge < -0.3 is 9.47 Å². The van der Waals surface area contributed by atoms with E-state index in [0.717, 1.165) is 16.4 Å². The van der Waals surface area contributed by atoms with Crippen molar-refractivity contribution in [2.75, 3.05) is 13.2 Å². The van der Waals surface area contributed by atoms with E-state index in [1.165, 1.54) is 0 Å². The molecule has 0 fully saturated rings. The first-order chi connectivity index (χ1) is 5.42. The number of hydrogen-bond acceptors (Lipinski definition) is 3. The molecule has 0 atom stereocenters. The summed E-state index contributed by atoms with van der Waals surface area (Å²) in [5.74, 6) is 2.19. The Labute approximate surface area is 73.7 Å². The molecule has 1 aromatic heterocycles. The quantitative estimate of drug-likeness (QED) is 0.633. The second-order valence-electron chi connectivity index (χ2n) is 2.18. The SMILES string of the molecule is ClCc1scc2c1OCCO2. The monoisotopic (exact) mass is 190 g/mol. The molecule has 0 N–H and O–H groups in total. The van der Waals surface area contributed by atoms with Crippen molar-refractivity contribution in [3.05, 3.63) is 10.3 Å². The van der Waals surface area contributed by atoms with Crippen molar-refractivity contribution in [1.82, 2.24) is 0 Å². The summed E-state index contributed by atoms with van der Waals surface area (Å²) in [6.45, 7) is 1.28. The van der Waals surface area contributed by atoms with E-state index >= 15 is 0 Å². The Morgan fingerprint density at radius 3 is 3.09 bits per heavy atom. The van der Waals surface area contributed by atoms with E-state index in [0.29, 0.717) is 19.1 Å². The van der Waals surface area contributed by atoms with Gasteiger partial charge in [0.1, 0.15) is 13.2 Å². The zero-order valence-electron chi connectivity index (χ0n) is 5.80. The minimum Gasteiger partial charge on any atom is -0.485 e. The van der Waals surface area contributed by atoms with E-state index in [1.54, 1.807) is 11.3 Å². The molecule has 4 heteroatoms. The topological polar surface area (TPSA) is 18.5 Å². The summed E-state index contributed by atoms with van der Waals surface area (Å²) in [6.07, 6.45) is 0. The molecular weight excluding hydrogens is 184 g/mol. The number of fused-ring (bicyclic) bond motifs is 1. The third-order valence-electron chi connectivity index (χ3n) is 1.49. The molecule has 2 rings (SSSR count). The first-order valence-electron chi connectivity index (χ1n) is 3.33. The summed E-state index contributed by atoms with van der Waals surface area (Å²) in [4.78, 5) is 1.06. The average Bonchev–Trinajstić information content (AvgIpc) is 2.47. The predicted molar refractivity (Wildman–Crippen MR) is 44.9 cm³/mol. The number of hydrogen-bond donors (Lipinski definition) is 0. The van der Waals surface area contributed by atoms with E-state index < -0.39 is 0 Å². The molecule has 11 heavy (non-hydrogen) atoms. The standard InChI is InChI=1S/C7H7ClO2S/c8-3-6-7-5(4-11-6)9-1-2-10-7/h4H,1-3H2. The maximum Gasteiger partial charge on any atom is 0.176 e. The molecule has 0 saturated heterocycles. The van der Waals surface area contributed by atoms with E-state index in [9.17, 15) is 0 Å². The molecule has 0 aromatic carbocycles. The minimum atomic E-state index is 0.503. The van der Waals surface area contributed by atoms with Crippen LogP contribution in [0, 0.1) is 0 Å². The van der Waals surface area contributed by atoms with Crippen LogP contribution in [0.1, 0.15) is 4.88 Å². The van der Waals surface area contributed by atoms with Crippen molar-refractivity contribution >= 4 is 22.9 Å². The van der Waals surface area contributed by atoms with Crippen molar-refractivity contribution in [3.63, 3.8) is 0 Å². The molecule has 60 valence electrons. The third kappa shape index (κ3) is 1.19. The second kappa shape index (κ2) is 2.91. The first kappa shape index (κ1) is 7.25. The van der Waals surface area contributed by atoms with Crippen molar-refractivity contribution in [1.29, 1.82) is 0 Å². The Morgan fingerprint density at radius 2 is 2.27 bits per heavy atom. The van der Waals surface area contributed by atoms with Crippen LogP contribution in [-0.4, -0.2) is 13.2 Å². The Bertz CT molecular complexity index is 245. The molecule has 0 bridgehead atoms. The molecule has 0 amide bonds. The van der Waals surface area contributed by atoms with E-state index in [4.69, 9.17) is 21.1 Å². The van der Waals surface area contributed by atoms with Crippen molar-refractivity contribution < 1.29 is 9.47 Å². The smallest absolute Gasteiger partial charge is 0.176 e. The van der Waals surface area contributed by atoms with Gasteiger partial charge in [-0.25, -0.2) is 0 Å². The molecule has 0 spiro atoms. The number of halogens is 1. The van der Waals surface area contributed by atoms with Crippen LogP contribution in [0.2, 0.25) is 0 Å². The molecule has 2 heterocycles. The van der Waals surface area contributed by atoms with E-state index in [2.05, 4.69) is 0 Å². The first-order valence-corrected chi connectivity index (χ1v) is 4.75. The van der Waals surface area contributed by atoms with Gasteiger partial charge in [0.15, 0.2) is 11.5 Å². The largest absolute Gasteiger partial charge is 0.485 e. The van der Waals surface area contributed by atoms with Crippen molar-refractivity contribution in [2.45, 2.75) is 5.88 Å². The lowest BCUT2D eigenvalue weighted by atomic mass is 10.4. The Hall–Kier alpha value is -0.410. The highest BCUT2D eigenvalue weighted by Gasteiger charge is 2.17. The van der Waals surface area contributed by atoms with Crippen LogP contribution in [0.3, 0.4) is 0 Å². The Morgan fingerprint density at radius 1 is 1.45 bits per heavy atom. The van der Waals surface area contributed by atoms with Gasteiger partial charge in [0.2, 0.25) is 0 Å². The maximum atomic E-state index is 5.68. The summed E-state index contributed by atoms with van der Waals surface area (Å²) in [5.41, 5.74) is 0. The molecular formula is C7H7ClO2S. The zero-order chi connectivity index (χ0) is 7.68. The van der Waals surface area contributed by atoms with Gasteiger partial charge in [-0.15, -0.1) is 22.9 Å². The lowest BCUT2D eigenvalue weighted by Gasteiger charge is -2.15. The molecule has 0 unspecified atom stereocenters. The highest BCUT2D eigenvalue weighted by molar-refractivity contribution is 7.10. The van der Waals surface area contributed by atoms with Crippen LogP contribution in [-0.2, 0) is 5.88 Å². The van der Waals surface area contributed by atoms with Crippen LogP contribution in [0.4, 0.5) is 0 Å². The van der Waals surface area contributed by atoms with Crippen LogP contribution in [0.5, 0.6) is 11.5 Å². The van der Waals surface area contributed by atoms with Crippen molar-refractivity contribution in [3.8, 4) is 11.5 Å². The summed E-state index contributed by atoms with van der Waals surface area (Å²) in [5, 5.41) is 1.94. The fourth-order valence-electron chi connectivity index (χ4n) is 1.01. The average molecular weight is 191 g/mol. The molecule has 1 aromatic rings. The third-order valence-corrected chi connectivity index (χ3v) is 2.87. The summed E-state index contributed by atoms with van der Waals surface area (Å²) in [7, 11) is 0. The lowest BCUT2D eigenvalue weighted by Crippen LogP contribution is -2.14. The molecule has 0 radical (unpaired) electrons. The number of ether oxygens (including phenoxy) is 2. The highest BCUT2D eigenvalue weighted by atomic mass is 35.5. The summed E-state index contributed by atoms with van der Waals surface area (Å²) < 4.78 is 10.7. The van der Waals surface area contributed by atoms with Crippen LogP contribution >= 0.6 is 22.9 Å². The van der Waals surface area contributed by atoms with Gasteiger partial charge in [0.25, 0.3) is 0 Å². The molecule has 0 aliphatic carbocycles. The Kier molecular flexibility index (Phi) is 1.92. The summed E-state index contributed by atoms with van der Waals surface area (Å²) >= 11 is 7.26. The highest BCUT2D eigenvalue weighted by Crippen LogP contribution is 2.39. The predicted octanol–water partition coefficient (Wildman–Crippen LogP) is 2.26. The van der Waals surface area contributed by atoms with Gasteiger partial charge in [0, 0.05) is 5.38 Å². The number of thiophene rings is 1. The van der Waals surface area contributed by atoms with Crippen LogP contribution < -0.4 is 9.47 Å². The van der Waals surface area contributed by atoms with Gasteiger partial charge in [-0.3, -0.25) is 0 Å². The van der Waals surface area contributed by atoms with E-state index in [1.807, 2.05) is 5.38 Å². The fourth-order valence-corrected chi connectivity index (χ4v) is 2.07. The molecule has 1 aliphatic heterocycles. The molecule has 2 nitrogen and oxygen atoms in total. The Balaban J connectivity index is 2.38. The van der Waals surface area contributed by atoms with Gasteiger partial charge >= 0.3 is 0 Å². The van der Waals surface area contributed by atoms with Gasteiger partial charge in [0.05, 0.1) is 10.8 Å². The van der Waals surface area contributed by atoms with Crippen LogP contribution in [0.25, 0.3) is 0 Å². The fraction of sp³-hybridized carbons (Fsp3) is 0.429. The molecule has 1 aliphatic rings. The molecule has 0 saturated carbocycles. The maximum absolute atomic E-state index is 5.68. The van der Waals surface area contributed by atoms with E-state index in [-0.39, 0.29) is 0 Å². The zero-order valence-corrected chi connectivity index (χ0v) is 7.37. The number of alkyl halides is 1. The number of rotatable bonds is 1. The van der Waals surface area contributed by atoms with Crippen LogP contribution in [0.15, 0.2) is 5.38 Å². The summed E-state index contributed by atoms with van der Waals surface area (Å²) in [6, 6.07) is 0. The lowest BCUT2D eigenvalue weighted by molar-refractivity contribution is 0.172.